The van der Waals surface area contributed by atoms with Gasteiger partial charge in [0, 0.05) is 6.42 Å². The highest BCUT2D eigenvalue weighted by atomic mass is 16.5. The molecule has 0 bridgehead atoms. The van der Waals surface area contributed by atoms with Gasteiger partial charge in [0.25, 0.3) is 0 Å². The molecule has 162 valence electrons. The molecule has 0 fully saturated rings. The summed E-state index contributed by atoms with van der Waals surface area (Å²) >= 11 is 0. The van der Waals surface area contributed by atoms with Crippen LogP contribution in [0.25, 0.3) is 0 Å². The number of hydrogen-bond acceptors (Lipinski definition) is 6. The van der Waals surface area contributed by atoms with Gasteiger partial charge >= 0.3 is 0 Å². The van der Waals surface area contributed by atoms with Crippen molar-refractivity contribution in [2.45, 2.75) is 46.1 Å². The predicted molar refractivity (Wildman–Crippen MR) is 111 cm³/mol. The summed E-state index contributed by atoms with van der Waals surface area (Å²) in [5.41, 5.74) is 2.67. The maximum absolute atomic E-state index is 13.3. The highest BCUT2D eigenvalue weighted by molar-refractivity contribution is 5.87. The fourth-order valence-electron chi connectivity index (χ4n) is 3.46. The van der Waals surface area contributed by atoms with Crippen LogP contribution >= 0.6 is 0 Å². The van der Waals surface area contributed by atoms with Gasteiger partial charge in [-0.15, -0.1) is 6.58 Å². The van der Waals surface area contributed by atoms with Crippen LogP contribution in [0.4, 0.5) is 0 Å². The summed E-state index contributed by atoms with van der Waals surface area (Å²) < 4.78 is 5.33. The minimum atomic E-state index is -0.739. The summed E-state index contributed by atoms with van der Waals surface area (Å²) in [4.78, 5) is 29.8. The normalized spacial score (nSPS) is 14.0. The number of rotatable bonds is 11. The van der Waals surface area contributed by atoms with E-state index in [1.807, 2.05) is 44.2 Å². The fraction of sp³-hybridized carbons (Fsp3) is 0.455. The van der Waals surface area contributed by atoms with Gasteiger partial charge < -0.3 is 9.84 Å². The smallest absolute Gasteiger partial charge is 0.249 e. The Labute approximate surface area is 176 Å². The molecule has 3 N–H and O–H groups in total. The van der Waals surface area contributed by atoms with Crippen LogP contribution in [-0.4, -0.2) is 27.2 Å². The summed E-state index contributed by atoms with van der Waals surface area (Å²) in [6.07, 6.45) is 2.77. The van der Waals surface area contributed by atoms with E-state index in [1.54, 1.807) is 18.5 Å². The van der Waals surface area contributed by atoms with Gasteiger partial charge in [-0.05, 0) is 31.2 Å². The van der Waals surface area contributed by atoms with Gasteiger partial charge in [-0.1, -0.05) is 55.4 Å². The number of nitrogens with zero attached hydrogens (tertiary/aromatic N) is 2. The Morgan fingerprint density at radius 1 is 1.20 bits per heavy atom. The summed E-state index contributed by atoms with van der Waals surface area (Å²) in [5, 5.41) is 16.0. The lowest BCUT2D eigenvalue weighted by Crippen LogP contribution is -2.43. The van der Waals surface area contributed by atoms with Crippen LogP contribution in [0, 0.1) is 24.7 Å². The molecule has 3 atom stereocenters. The predicted octanol–water partition coefficient (Wildman–Crippen LogP) is 3.14. The molecule has 1 heterocycles. The maximum Gasteiger partial charge on any atom is 0.249 e. The number of aromatic nitrogens is 2. The minimum Gasteiger partial charge on any atom is -0.344 e. The van der Waals surface area contributed by atoms with Crippen LogP contribution in [-0.2, 0) is 16.0 Å². The van der Waals surface area contributed by atoms with Gasteiger partial charge in [-0.2, -0.15) is 4.98 Å². The van der Waals surface area contributed by atoms with Crippen molar-refractivity contribution in [3.8, 4) is 0 Å². The zero-order valence-corrected chi connectivity index (χ0v) is 17.7. The van der Waals surface area contributed by atoms with Crippen LogP contribution in [0.3, 0.4) is 0 Å². The lowest BCUT2D eigenvalue weighted by Gasteiger charge is -2.27. The second-order valence-electron chi connectivity index (χ2n) is 7.77. The Hall–Kier alpha value is -3.00. The lowest BCUT2D eigenvalue weighted by molar-refractivity contribution is -0.141. The molecule has 0 aliphatic rings. The first-order chi connectivity index (χ1) is 14.3. The van der Waals surface area contributed by atoms with E-state index >= 15 is 0 Å². The number of allylic oxidation sites excluding steroid dienone is 1. The molecule has 0 saturated carbocycles. The molecular formula is C22H30N4O4. The second-order valence-corrected chi connectivity index (χ2v) is 7.77. The van der Waals surface area contributed by atoms with Crippen LogP contribution in [0.5, 0.6) is 0 Å². The SMILES string of the molecule is C=CC[C@H](C(=O)NO)[C@@H](CC(C)C)C(=O)N[C@@H](Cc1ccccc1)c1nc(C)no1. The lowest BCUT2D eigenvalue weighted by atomic mass is 9.82. The number of nitrogens with one attached hydrogen (secondary N) is 2. The van der Waals surface area contributed by atoms with E-state index in [1.165, 1.54) is 0 Å². The Morgan fingerprint density at radius 3 is 2.43 bits per heavy atom. The Kier molecular flexibility index (Phi) is 8.73. The van der Waals surface area contributed by atoms with Gasteiger partial charge in [-0.3, -0.25) is 14.8 Å². The van der Waals surface area contributed by atoms with Crippen molar-refractivity contribution < 1.29 is 19.3 Å². The summed E-state index contributed by atoms with van der Waals surface area (Å²) in [7, 11) is 0. The molecule has 0 radical (unpaired) electrons. The van der Waals surface area contributed by atoms with Gasteiger partial charge in [0.05, 0.1) is 11.8 Å². The van der Waals surface area contributed by atoms with E-state index in [-0.39, 0.29) is 18.2 Å². The maximum atomic E-state index is 13.3. The number of benzene rings is 1. The first-order valence-electron chi connectivity index (χ1n) is 10.0. The van der Waals surface area contributed by atoms with Crippen LogP contribution < -0.4 is 10.8 Å². The molecular weight excluding hydrogens is 384 g/mol. The summed E-state index contributed by atoms with van der Waals surface area (Å²) in [6, 6.07) is 9.11. The highest BCUT2D eigenvalue weighted by Gasteiger charge is 2.35. The van der Waals surface area contributed by atoms with Crippen molar-refractivity contribution in [1.29, 1.82) is 0 Å². The van der Waals surface area contributed by atoms with E-state index in [4.69, 9.17) is 9.73 Å². The van der Waals surface area contributed by atoms with Gasteiger partial charge in [0.2, 0.25) is 17.7 Å². The number of carbonyl (C=O) groups is 2. The average molecular weight is 415 g/mol. The number of carbonyl (C=O) groups excluding carboxylic acids is 2. The Balaban J connectivity index is 2.30. The van der Waals surface area contributed by atoms with E-state index in [0.717, 1.165) is 5.56 Å². The van der Waals surface area contributed by atoms with E-state index in [9.17, 15) is 9.59 Å². The molecule has 0 aliphatic carbocycles. The van der Waals surface area contributed by atoms with E-state index in [0.29, 0.717) is 24.6 Å². The summed E-state index contributed by atoms with van der Waals surface area (Å²) in [5.74, 6) is -1.37. The molecule has 0 unspecified atom stereocenters. The first-order valence-corrected chi connectivity index (χ1v) is 10.0. The van der Waals surface area contributed by atoms with Crippen LogP contribution in [0.1, 0.15) is 50.0 Å². The molecule has 2 amide bonds. The molecule has 30 heavy (non-hydrogen) atoms. The zero-order valence-electron chi connectivity index (χ0n) is 17.7. The van der Waals surface area contributed by atoms with Crippen molar-refractivity contribution >= 4 is 11.8 Å². The molecule has 8 nitrogen and oxygen atoms in total. The third kappa shape index (κ3) is 6.52. The van der Waals surface area contributed by atoms with Crippen molar-refractivity contribution in [1.82, 2.24) is 20.9 Å². The molecule has 8 heteroatoms. The average Bonchev–Trinajstić information content (AvgIpc) is 3.16. The standard InChI is InChI=1S/C22H30N4O4/c1-5-9-17(21(28)25-29)18(12-14(2)3)20(27)24-19(22-23-15(4)26-30-22)13-16-10-7-6-8-11-16/h5-8,10-11,14,17-19,29H,1,9,12-13H2,2-4H3,(H,24,27)(H,25,28)/t17-,18+,19-/m0/s1. The molecule has 2 aromatic rings. The van der Waals surface area contributed by atoms with Gasteiger partial charge in [-0.25, -0.2) is 5.48 Å². The quantitative estimate of drug-likeness (QED) is 0.295. The van der Waals surface area contributed by atoms with Crippen LogP contribution in [0.2, 0.25) is 0 Å². The highest BCUT2D eigenvalue weighted by Crippen LogP contribution is 2.27. The Bertz CT molecular complexity index is 835. The van der Waals surface area contributed by atoms with E-state index in [2.05, 4.69) is 22.0 Å². The van der Waals surface area contributed by atoms with Crippen molar-refractivity contribution in [2.24, 2.45) is 17.8 Å². The van der Waals surface area contributed by atoms with E-state index < -0.39 is 23.8 Å². The molecule has 1 aromatic heterocycles. The van der Waals surface area contributed by atoms with Gasteiger partial charge in [0.15, 0.2) is 5.82 Å². The number of hydroxylamine groups is 1. The number of amides is 2. The van der Waals surface area contributed by atoms with Crippen molar-refractivity contribution in [3.05, 3.63) is 60.3 Å². The van der Waals surface area contributed by atoms with Crippen LogP contribution in [0.15, 0.2) is 47.5 Å². The zero-order chi connectivity index (χ0) is 22.1. The molecule has 0 aliphatic heterocycles. The topological polar surface area (TPSA) is 117 Å². The molecule has 1 aromatic carbocycles. The Morgan fingerprint density at radius 2 is 1.90 bits per heavy atom. The van der Waals surface area contributed by atoms with Gasteiger partial charge in [0.1, 0.15) is 6.04 Å². The largest absolute Gasteiger partial charge is 0.344 e. The molecule has 0 spiro atoms. The summed E-state index contributed by atoms with van der Waals surface area (Å²) in [6.45, 7) is 9.34. The molecule has 0 saturated heterocycles. The minimum absolute atomic E-state index is 0.165. The van der Waals surface area contributed by atoms with Crippen molar-refractivity contribution in [2.75, 3.05) is 0 Å². The first kappa shape index (κ1) is 23.3. The fourth-order valence-corrected chi connectivity index (χ4v) is 3.46. The van der Waals surface area contributed by atoms with Crippen molar-refractivity contribution in [3.63, 3.8) is 0 Å². The molecule has 2 rings (SSSR count). The number of hydrogen-bond donors (Lipinski definition) is 3. The number of aryl methyl sites for hydroxylation is 1. The third-order valence-corrected chi connectivity index (χ3v) is 4.86. The monoisotopic (exact) mass is 414 g/mol. The second kappa shape index (κ2) is 11.3. The third-order valence-electron chi connectivity index (χ3n) is 4.86.